The number of hydrogen-bond acceptors (Lipinski definition) is 4. The number of amides is 1. The summed E-state index contributed by atoms with van der Waals surface area (Å²) in [6.45, 7) is 7.22. The third kappa shape index (κ3) is 5.83. The van der Waals surface area contributed by atoms with Crippen LogP contribution in [0.5, 0.6) is 0 Å². The number of anilines is 1. The molecule has 174 valence electrons. The maximum Gasteiger partial charge on any atom is 0.260 e. The van der Waals surface area contributed by atoms with E-state index in [1.54, 1.807) is 19.2 Å². The summed E-state index contributed by atoms with van der Waals surface area (Å²) in [5.74, 6) is -0.541. The van der Waals surface area contributed by atoms with E-state index in [2.05, 4.69) is 10.5 Å². The van der Waals surface area contributed by atoms with E-state index in [1.165, 1.54) is 0 Å². The number of hydrazone groups is 1. The van der Waals surface area contributed by atoms with Gasteiger partial charge >= 0.3 is 0 Å². The molecule has 0 bridgehead atoms. The molecule has 1 N–H and O–H groups in total. The van der Waals surface area contributed by atoms with Crippen LogP contribution in [0.2, 0.25) is 5.02 Å². The van der Waals surface area contributed by atoms with Gasteiger partial charge in [-0.05, 0) is 69.2 Å². The second-order valence-electron chi connectivity index (χ2n) is 7.99. The van der Waals surface area contributed by atoms with Gasteiger partial charge in [0.1, 0.15) is 6.54 Å². The lowest BCUT2D eigenvalue weighted by Gasteiger charge is -2.23. The van der Waals surface area contributed by atoms with Crippen molar-refractivity contribution in [1.29, 1.82) is 0 Å². The van der Waals surface area contributed by atoms with Gasteiger partial charge in [0.15, 0.2) is 0 Å². The number of carbonyl (C=O) groups is 1. The third-order valence-corrected chi connectivity index (χ3v) is 6.61. The van der Waals surface area contributed by atoms with Gasteiger partial charge in [-0.15, -0.1) is 0 Å². The highest BCUT2D eigenvalue weighted by Gasteiger charge is 2.22. The number of aryl methyl sites for hydroxylation is 3. The van der Waals surface area contributed by atoms with Crippen molar-refractivity contribution in [3.05, 3.63) is 81.6 Å². The van der Waals surface area contributed by atoms with Gasteiger partial charge in [0.05, 0.1) is 18.2 Å². The molecule has 3 rings (SSSR count). The van der Waals surface area contributed by atoms with E-state index in [1.807, 2.05) is 67.8 Å². The Hall–Kier alpha value is -3.10. The number of aromatic nitrogens is 1. The Morgan fingerprint density at radius 2 is 1.85 bits per heavy atom. The molecule has 0 radical (unpaired) electrons. The van der Waals surface area contributed by atoms with Crippen LogP contribution in [0.15, 0.2) is 53.6 Å². The van der Waals surface area contributed by atoms with E-state index in [0.717, 1.165) is 44.3 Å². The van der Waals surface area contributed by atoms with Gasteiger partial charge in [0.25, 0.3) is 5.91 Å². The molecule has 0 spiro atoms. The molecule has 9 heteroatoms. The fourth-order valence-corrected chi connectivity index (χ4v) is 4.73. The lowest BCUT2D eigenvalue weighted by atomic mass is 10.1. The Kier molecular flexibility index (Phi) is 7.29. The summed E-state index contributed by atoms with van der Waals surface area (Å²) in [6, 6.07) is 14.9. The number of carbonyl (C=O) groups excluding carboxylic acids is 1. The second kappa shape index (κ2) is 9.80. The number of nitrogens with one attached hydrogen (secondary N) is 1. The van der Waals surface area contributed by atoms with Crippen LogP contribution in [0, 0.1) is 27.7 Å². The third-order valence-electron chi connectivity index (χ3n) is 5.25. The van der Waals surface area contributed by atoms with Crippen LogP contribution in [0.25, 0.3) is 5.69 Å². The lowest BCUT2D eigenvalue weighted by Crippen LogP contribution is -2.39. The highest BCUT2D eigenvalue weighted by molar-refractivity contribution is 7.92. The Morgan fingerprint density at radius 1 is 1.12 bits per heavy atom. The normalized spacial score (nSPS) is 11.7. The summed E-state index contributed by atoms with van der Waals surface area (Å²) < 4.78 is 27.9. The number of nitrogens with zero attached hydrogens (tertiary/aromatic N) is 3. The van der Waals surface area contributed by atoms with E-state index in [9.17, 15) is 13.2 Å². The van der Waals surface area contributed by atoms with E-state index >= 15 is 0 Å². The predicted molar refractivity (Wildman–Crippen MR) is 134 cm³/mol. The van der Waals surface area contributed by atoms with E-state index in [4.69, 9.17) is 11.6 Å². The van der Waals surface area contributed by atoms with Crippen molar-refractivity contribution in [1.82, 2.24) is 9.99 Å². The summed E-state index contributed by atoms with van der Waals surface area (Å²) in [4.78, 5) is 12.5. The summed E-state index contributed by atoms with van der Waals surface area (Å²) >= 11 is 6.13. The summed E-state index contributed by atoms with van der Waals surface area (Å²) in [5.41, 5.74) is 8.24. The number of benzene rings is 2. The molecular formula is C24H27ClN4O3S. The molecule has 0 aliphatic carbocycles. The van der Waals surface area contributed by atoms with E-state index < -0.39 is 15.9 Å². The zero-order chi connectivity index (χ0) is 24.3. The smallest absolute Gasteiger partial charge is 0.260 e. The van der Waals surface area contributed by atoms with Crippen molar-refractivity contribution >= 4 is 39.4 Å². The van der Waals surface area contributed by atoms with Crippen molar-refractivity contribution in [2.45, 2.75) is 27.7 Å². The molecule has 1 aromatic heterocycles. The quantitative estimate of drug-likeness (QED) is 0.399. The SMILES string of the molecule is Cc1ccc(C)c(N(CC(=O)N/N=C\c2cc(C)n(-c3cccc(Cl)c3)c2C)S(C)(=O)=O)c1. The minimum atomic E-state index is -3.67. The van der Waals surface area contributed by atoms with Gasteiger partial charge in [-0.1, -0.05) is 29.8 Å². The van der Waals surface area contributed by atoms with Crippen LogP contribution >= 0.6 is 11.6 Å². The topological polar surface area (TPSA) is 83.8 Å². The Labute approximate surface area is 199 Å². The fraction of sp³-hybridized carbons (Fsp3) is 0.250. The molecule has 0 aliphatic rings. The molecule has 2 aromatic carbocycles. The molecule has 0 fully saturated rings. The highest BCUT2D eigenvalue weighted by Crippen LogP contribution is 2.24. The molecule has 33 heavy (non-hydrogen) atoms. The zero-order valence-electron chi connectivity index (χ0n) is 19.3. The molecule has 1 amide bonds. The van der Waals surface area contributed by atoms with Crippen LogP contribution in [0.3, 0.4) is 0 Å². The first-order valence-electron chi connectivity index (χ1n) is 10.3. The van der Waals surface area contributed by atoms with Gasteiger partial charge in [0, 0.05) is 27.7 Å². The molecule has 0 saturated carbocycles. The van der Waals surface area contributed by atoms with Crippen LogP contribution in [-0.4, -0.2) is 37.9 Å². The second-order valence-corrected chi connectivity index (χ2v) is 10.3. The van der Waals surface area contributed by atoms with Crippen molar-refractivity contribution in [2.75, 3.05) is 17.1 Å². The van der Waals surface area contributed by atoms with Crippen LogP contribution in [-0.2, 0) is 14.8 Å². The number of halogens is 1. The van der Waals surface area contributed by atoms with Crippen LogP contribution < -0.4 is 9.73 Å². The molecule has 0 saturated heterocycles. The number of sulfonamides is 1. The number of hydrogen-bond donors (Lipinski definition) is 1. The Morgan fingerprint density at radius 3 is 2.52 bits per heavy atom. The van der Waals surface area contributed by atoms with Gasteiger partial charge in [-0.2, -0.15) is 5.10 Å². The minimum Gasteiger partial charge on any atom is -0.318 e. The van der Waals surface area contributed by atoms with Crippen LogP contribution in [0.4, 0.5) is 5.69 Å². The molecule has 0 aliphatic heterocycles. The first kappa shape index (κ1) is 24.5. The predicted octanol–water partition coefficient (Wildman–Crippen LogP) is 4.28. The first-order chi connectivity index (χ1) is 15.5. The summed E-state index contributed by atoms with van der Waals surface area (Å²) in [5, 5.41) is 4.69. The molecule has 0 unspecified atom stereocenters. The number of rotatable bonds is 7. The Bertz CT molecular complexity index is 1330. The molecule has 0 atom stereocenters. The van der Waals surface area contributed by atoms with Gasteiger partial charge in [-0.3, -0.25) is 9.10 Å². The largest absolute Gasteiger partial charge is 0.318 e. The standard InChI is InChI=1S/C24H27ClN4O3S/c1-16-9-10-17(2)23(11-16)28(33(5,31)32)15-24(30)27-26-14-20-12-18(3)29(19(20)4)22-8-6-7-21(25)13-22/h6-14H,15H2,1-5H3,(H,27,30)/b26-14-. The van der Waals surface area contributed by atoms with E-state index in [0.29, 0.717) is 10.7 Å². The van der Waals surface area contributed by atoms with Crippen molar-refractivity contribution in [2.24, 2.45) is 5.10 Å². The lowest BCUT2D eigenvalue weighted by molar-refractivity contribution is -0.119. The minimum absolute atomic E-state index is 0.373. The summed E-state index contributed by atoms with van der Waals surface area (Å²) in [6.07, 6.45) is 2.62. The highest BCUT2D eigenvalue weighted by atomic mass is 35.5. The molecule has 1 heterocycles. The van der Waals surface area contributed by atoms with E-state index in [-0.39, 0.29) is 6.54 Å². The van der Waals surface area contributed by atoms with Crippen molar-refractivity contribution < 1.29 is 13.2 Å². The molecule has 7 nitrogen and oxygen atoms in total. The maximum absolute atomic E-state index is 12.5. The van der Waals surface area contributed by atoms with Crippen LogP contribution in [0.1, 0.15) is 28.1 Å². The molecular weight excluding hydrogens is 460 g/mol. The average molecular weight is 487 g/mol. The van der Waals surface area contributed by atoms with Gasteiger partial charge < -0.3 is 4.57 Å². The molecule has 3 aromatic rings. The average Bonchev–Trinajstić information content (AvgIpc) is 3.00. The summed E-state index contributed by atoms with van der Waals surface area (Å²) in [7, 11) is -3.67. The van der Waals surface area contributed by atoms with Crippen molar-refractivity contribution in [3.63, 3.8) is 0 Å². The first-order valence-corrected chi connectivity index (χ1v) is 12.5. The zero-order valence-corrected chi connectivity index (χ0v) is 20.8. The van der Waals surface area contributed by atoms with Gasteiger partial charge in [0.2, 0.25) is 10.0 Å². The fourth-order valence-electron chi connectivity index (χ4n) is 3.64. The monoisotopic (exact) mass is 486 g/mol. The Balaban J connectivity index is 1.77. The maximum atomic E-state index is 12.5. The van der Waals surface area contributed by atoms with Crippen molar-refractivity contribution in [3.8, 4) is 5.69 Å². The van der Waals surface area contributed by atoms with Gasteiger partial charge in [-0.25, -0.2) is 13.8 Å².